The van der Waals surface area contributed by atoms with Gasteiger partial charge in [0.15, 0.2) is 6.17 Å². The molecule has 0 aliphatic carbocycles. The minimum atomic E-state index is -1.81. The van der Waals surface area contributed by atoms with Gasteiger partial charge in [0.05, 0.1) is 0 Å². The summed E-state index contributed by atoms with van der Waals surface area (Å²) in [7, 11) is 0. The molecule has 76 valence electrons. The van der Waals surface area contributed by atoms with E-state index in [9.17, 15) is 14.0 Å². The Morgan fingerprint density at radius 3 is 2.23 bits per heavy atom. The van der Waals surface area contributed by atoms with Gasteiger partial charge in [-0.05, 0) is 19.3 Å². The number of aliphatic carboxylic acids is 2. The van der Waals surface area contributed by atoms with Crippen LogP contribution in [-0.4, -0.2) is 28.3 Å². The fourth-order valence-corrected chi connectivity index (χ4v) is 0.900. The van der Waals surface area contributed by atoms with Gasteiger partial charge in [0.25, 0.3) is 0 Å². The summed E-state index contributed by atoms with van der Waals surface area (Å²) in [6, 6.07) is 0. The lowest BCUT2D eigenvalue weighted by Gasteiger charge is -2.01. The molecule has 13 heavy (non-hydrogen) atoms. The topological polar surface area (TPSA) is 74.6 Å². The molecule has 0 amide bonds. The molecule has 1 atom stereocenters. The number of carboxylic acid groups (broad SMARTS) is 2. The average molecular weight is 192 g/mol. The van der Waals surface area contributed by atoms with Gasteiger partial charge in [0.1, 0.15) is 0 Å². The van der Waals surface area contributed by atoms with E-state index in [4.69, 9.17) is 10.2 Å². The smallest absolute Gasteiger partial charge is 0.338 e. The Kier molecular flexibility index (Phi) is 5.84. The summed E-state index contributed by atoms with van der Waals surface area (Å²) in [6.45, 7) is 0. The molecule has 0 radical (unpaired) electrons. The van der Waals surface area contributed by atoms with Crippen LogP contribution in [0.25, 0.3) is 0 Å². The van der Waals surface area contributed by atoms with Crippen LogP contribution in [0, 0.1) is 0 Å². The van der Waals surface area contributed by atoms with E-state index in [2.05, 4.69) is 0 Å². The minimum Gasteiger partial charge on any atom is -0.481 e. The third-order valence-electron chi connectivity index (χ3n) is 1.62. The van der Waals surface area contributed by atoms with Crippen LogP contribution in [0.5, 0.6) is 0 Å². The fourth-order valence-electron chi connectivity index (χ4n) is 0.900. The Bertz CT molecular complexity index is 181. The summed E-state index contributed by atoms with van der Waals surface area (Å²) >= 11 is 0. The lowest BCUT2D eigenvalue weighted by Crippen LogP contribution is -2.13. The molecule has 0 aromatic rings. The normalized spacial score (nSPS) is 12.4. The highest BCUT2D eigenvalue weighted by atomic mass is 19.1. The fraction of sp³-hybridized carbons (Fsp3) is 0.750. The zero-order valence-electron chi connectivity index (χ0n) is 7.20. The summed E-state index contributed by atoms with van der Waals surface area (Å²) in [4.78, 5) is 20.0. The molecule has 0 heterocycles. The molecule has 0 fully saturated rings. The number of alkyl halides is 1. The van der Waals surface area contributed by atoms with Crippen LogP contribution in [0.1, 0.15) is 32.1 Å². The first-order chi connectivity index (χ1) is 6.04. The Labute approximate surface area is 75.4 Å². The van der Waals surface area contributed by atoms with Crippen LogP contribution in [0.4, 0.5) is 4.39 Å². The third kappa shape index (κ3) is 7.24. The van der Waals surface area contributed by atoms with E-state index in [1.807, 2.05) is 0 Å². The largest absolute Gasteiger partial charge is 0.481 e. The number of unbranched alkanes of at least 4 members (excludes halogenated alkanes) is 2. The third-order valence-corrected chi connectivity index (χ3v) is 1.62. The van der Waals surface area contributed by atoms with Gasteiger partial charge >= 0.3 is 11.9 Å². The van der Waals surface area contributed by atoms with Crippen LogP contribution < -0.4 is 0 Å². The molecule has 0 aromatic carbocycles. The lowest BCUT2D eigenvalue weighted by molar-refractivity contribution is -0.143. The van der Waals surface area contributed by atoms with E-state index in [1.165, 1.54) is 0 Å². The Morgan fingerprint density at radius 1 is 1.15 bits per heavy atom. The monoisotopic (exact) mass is 192 g/mol. The molecule has 0 aliphatic heterocycles. The maximum atomic E-state index is 12.4. The van der Waals surface area contributed by atoms with Gasteiger partial charge in [-0.15, -0.1) is 0 Å². The summed E-state index contributed by atoms with van der Waals surface area (Å²) in [5.74, 6) is -2.33. The second-order valence-electron chi connectivity index (χ2n) is 2.80. The first-order valence-corrected chi connectivity index (χ1v) is 4.12. The van der Waals surface area contributed by atoms with Crippen LogP contribution in [0.15, 0.2) is 0 Å². The molecule has 0 aromatic heterocycles. The number of carbonyl (C=O) groups is 2. The van der Waals surface area contributed by atoms with Crippen molar-refractivity contribution >= 4 is 11.9 Å². The molecule has 0 saturated carbocycles. The van der Waals surface area contributed by atoms with E-state index in [0.29, 0.717) is 19.3 Å². The molecule has 1 unspecified atom stereocenters. The lowest BCUT2D eigenvalue weighted by atomic mass is 10.1. The van der Waals surface area contributed by atoms with E-state index in [1.54, 1.807) is 0 Å². The van der Waals surface area contributed by atoms with Crippen molar-refractivity contribution in [1.82, 2.24) is 0 Å². The Hall–Kier alpha value is -1.13. The van der Waals surface area contributed by atoms with Crippen molar-refractivity contribution in [1.29, 1.82) is 0 Å². The van der Waals surface area contributed by atoms with Crippen molar-refractivity contribution in [2.45, 2.75) is 38.3 Å². The van der Waals surface area contributed by atoms with Crippen molar-refractivity contribution in [2.75, 3.05) is 0 Å². The Morgan fingerprint density at radius 2 is 1.77 bits per heavy atom. The van der Waals surface area contributed by atoms with E-state index < -0.39 is 18.1 Å². The number of hydrogen-bond donors (Lipinski definition) is 2. The quantitative estimate of drug-likeness (QED) is 0.598. The predicted molar refractivity (Wildman–Crippen MR) is 43.3 cm³/mol. The van der Waals surface area contributed by atoms with Gasteiger partial charge in [-0.1, -0.05) is 6.42 Å². The van der Waals surface area contributed by atoms with Gasteiger partial charge < -0.3 is 10.2 Å². The standard InChI is InChI=1S/C8H13FO4/c9-6(8(12)13)4-2-1-3-5-7(10)11/h6H,1-5H2,(H,10,11)(H,12,13). The van der Waals surface area contributed by atoms with Crippen LogP contribution in [-0.2, 0) is 9.59 Å². The van der Waals surface area contributed by atoms with Crippen LogP contribution >= 0.6 is 0 Å². The minimum absolute atomic E-state index is 0.0328. The highest BCUT2D eigenvalue weighted by Gasteiger charge is 2.14. The number of hydrogen-bond acceptors (Lipinski definition) is 2. The summed E-state index contributed by atoms with van der Waals surface area (Å²) < 4.78 is 12.4. The van der Waals surface area contributed by atoms with Gasteiger partial charge in [-0.3, -0.25) is 4.79 Å². The average Bonchev–Trinajstić information content (AvgIpc) is 2.02. The van der Waals surface area contributed by atoms with E-state index in [-0.39, 0.29) is 12.8 Å². The zero-order valence-corrected chi connectivity index (χ0v) is 7.20. The number of halogens is 1. The zero-order chi connectivity index (χ0) is 10.3. The first-order valence-electron chi connectivity index (χ1n) is 4.12. The molecule has 0 saturated heterocycles. The highest BCUT2D eigenvalue weighted by Crippen LogP contribution is 2.08. The molecule has 5 heteroatoms. The maximum absolute atomic E-state index is 12.4. The highest BCUT2D eigenvalue weighted by molar-refractivity contribution is 5.71. The van der Waals surface area contributed by atoms with E-state index in [0.717, 1.165) is 0 Å². The summed E-state index contributed by atoms with van der Waals surface area (Å²) in [5, 5.41) is 16.4. The summed E-state index contributed by atoms with van der Waals surface area (Å²) in [6.07, 6.45) is -0.341. The predicted octanol–water partition coefficient (Wildman–Crippen LogP) is 1.44. The van der Waals surface area contributed by atoms with Crippen molar-refractivity contribution in [3.63, 3.8) is 0 Å². The molecular weight excluding hydrogens is 179 g/mol. The van der Waals surface area contributed by atoms with Crippen molar-refractivity contribution in [3.8, 4) is 0 Å². The van der Waals surface area contributed by atoms with Crippen molar-refractivity contribution in [2.24, 2.45) is 0 Å². The first kappa shape index (κ1) is 11.9. The molecule has 0 spiro atoms. The maximum Gasteiger partial charge on any atom is 0.338 e. The second-order valence-corrected chi connectivity index (χ2v) is 2.80. The Balaban J connectivity index is 3.26. The van der Waals surface area contributed by atoms with Crippen LogP contribution in [0.2, 0.25) is 0 Å². The molecule has 2 N–H and O–H groups in total. The SMILES string of the molecule is O=C(O)CCCCCC(F)C(=O)O. The van der Waals surface area contributed by atoms with Crippen LogP contribution in [0.3, 0.4) is 0 Å². The van der Waals surface area contributed by atoms with E-state index >= 15 is 0 Å². The molecular formula is C8H13FO4. The van der Waals surface area contributed by atoms with Gasteiger partial charge in [0.2, 0.25) is 0 Å². The number of rotatable bonds is 7. The molecule has 0 aliphatic rings. The number of carboxylic acids is 2. The van der Waals surface area contributed by atoms with Crippen molar-refractivity contribution in [3.05, 3.63) is 0 Å². The second kappa shape index (κ2) is 6.39. The molecule has 0 bridgehead atoms. The van der Waals surface area contributed by atoms with Gasteiger partial charge in [-0.2, -0.15) is 0 Å². The van der Waals surface area contributed by atoms with Gasteiger partial charge in [0, 0.05) is 6.42 Å². The molecule has 0 rings (SSSR count). The van der Waals surface area contributed by atoms with Gasteiger partial charge in [-0.25, -0.2) is 9.18 Å². The summed E-state index contributed by atoms with van der Waals surface area (Å²) in [5.41, 5.74) is 0. The van der Waals surface area contributed by atoms with Crippen molar-refractivity contribution < 1.29 is 24.2 Å². The molecule has 4 nitrogen and oxygen atoms in total.